The van der Waals surface area contributed by atoms with Gasteiger partial charge in [-0.1, -0.05) is 41.9 Å². The lowest BCUT2D eigenvalue weighted by molar-refractivity contribution is 0.567. The second kappa shape index (κ2) is 4.80. The van der Waals surface area contributed by atoms with E-state index in [9.17, 15) is 4.79 Å². The zero-order chi connectivity index (χ0) is 14.3. The van der Waals surface area contributed by atoms with Crippen LogP contribution in [0.1, 0.15) is 11.3 Å². The van der Waals surface area contributed by atoms with Crippen LogP contribution in [0.4, 0.5) is 0 Å². The molecule has 3 heteroatoms. The highest BCUT2D eigenvalue weighted by atomic mass is 35.5. The van der Waals surface area contributed by atoms with E-state index >= 15 is 0 Å². The van der Waals surface area contributed by atoms with Crippen LogP contribution in [0.25, 0.3) is 22.1 Å². The molecule has 0 saturated heterocycles. The predicted molar refractivity (Wildman–Crippen MR) is 82.4 cm³/mol. The Balaban J connectivity index is 2.46. The van der Waals surface area contributed by atoms with Gasteiger partial charge in [0.1, 0.15) is 11.3 Å². The molecule has 0 radical (unpaired) electrons. The lowest BCUT2D eigenvalue weighted by Crippen LogP contribution is -2.09. The molecule has 0 saturated carbocycles. The van der Waals surface area contributed by atoms with Crippen LogP contribution in [0, 0.1) is 13.8 Å². The van der Waals surface area contributed by atoms with Crippen molar-refractivity contribution in [3.63, 3.8) is 0 Å². The molecule has 0 atom stereocenters. The number of hydrogen-bond acceptors (Lipinski definition) is 2. The summed E-state index contributed by atoms with van der Waals surface area (Å²) in [5.74, 6) is 0.621. The Hall–Kier alpha value is -2.06. The largest absolute Gasteiger partial charge is 0.460 e. The molecule has 0 amide bonds. The maximum Gasteiger partial charge on any atom is 0.201 e. The van der Waals surface area contributed by atoms with Gasteiger partial charge < -0.3 is 4.42 Å². The molecule has 1 aromatic heterocycles. The third-order valence-corrected chi connectivity index (χ3v) is 3.90. The summed E-state index contributed by atoms with van der Waals surface area (Å²) >= 11 is 6.12. The zero-order valence-electron chi connectivity index (χ0n) is 11.2. The molecule has 100 valence electrons. The lowest BCUT2D eigenvalue weighted by atomic mass is 10.0. The highest BCUT2D eigenvalue weighted by molar-refractivity contribution is 6.32. The monoisotopic (exact) mass is 284 g/mol. The molecule has 1 heterocycles. The standard InChI is InChI=1S/C17H13ClO2/c1-10-13(18)8-9-14-15(10)17(19)16(11(2)20-14)12-6-4-3-5-7-12/h3-9H,1-2H3. The minimum Gasteiger partial charge on any atom is -0.460 e. The molecule has 0 spiro atoms. The summed E-state index contributed by atoms with van der Waals surface area (Å²) in [6, 6.07) is 13.0. The van der Waals surface area contributed by atoms with E-state index in [4.69, 9.17) is 16.0 Å². The van der Waals surface area contributed by atoms with Crippen molar-refractivity contribution >= 4 is 22.6 Å². The predicted octanol–water partition coefficient (Wildman–Crippen LogP) is 4.73. The summed E-state index contributed by atoms with van der Waals surface area (Å²) in [5.41, 5.74) is 2.77. The maximum atomic E-state index is 12.8. The quantitative estimate of drug-likeness (QED) is 0.646. The Labute approximate surface area is 121 Å². The minimum atomic E-state index is -0.0325. The SMILES string of the molecule is Cc1oc2ccc(Cl)c(C)c2c(=O)c1-c1ccccc1. The smallest absolute Gasteiger partial charge is 0.201 e. The summed E-state index contributed by atoms with van der Waals surface area (Å²) in [6.45, 7) is 3.65. The van der Waals surface area contributed by atoms with Gasteiger partial charge in [-0.25, -0.2) is 0 Å². The number of aryl methyl sites for hydroxylation is 2. The first-order chi connectivity index (χ1) is 9.59. The van der Waals surface area contributed by atoms with Gasteiger partial charge in [0.2, 0.25) is 5.43 Å². The van der Waals surface area contributed by atoms with Crippen molar-refractivity contribution in [1.82, 2.24) is 0 Å². The van der Waals surface area contributed by atoms with Crippen molar-refractivity contribution < 1.29 is 4.42 Å². The van der Waals surface area contributed by atoms with E-state index < -0.39 is 0 Å². The summed E-state index contributed by atoms with van der Waals surface area (Å²) in [6.07, 6.45) is 0. The van der Waals surface area contributed by atoms with Gasteiger partial charge in [-0.15, -0.1) is 0 Å². The van der Waals surface area contributed by atoms with Gasteiger partial charge in [0.15, 0.2) is 0 Å². The minimum absolute atomic E-state index is 0.0325. The van der Waals surface area contributed by atoms with Crippen molar-refractivity contribution in [2.24, 2.45) is 0 Å². The normalized spacial score (nSPS) is 10.9. The maximum absolute atomic E-state index is 12.8. The van der Waals surface area contributed by atoms with Crippen LogP contribution >= 0.6 is 11.6 Å². The van der Waals surface area contributed by atoms with Gasteiger partial charge in [-0.05, 0) is 37.1 Å². The van der Waals surface area contributed by atoms with Gasteiger partial charge in [0.05, 0.1) is 10.9 Å². The molecule has 20 heavy (non-hydrogen) atoms. The topological polar surface area (TPSA) is 30.2 Å². The Morgan fingerprint density at radius 3 is 2.40 bits per heavy atom. The Morgan fingerprint density at radius 2 is 1.70 bits per heavy atom. The van der Waals surface area contributed by atoms with E-state index in [2.05, 4.69) is 0 Å². The van der Waals surface area contributed by atoms with E-state index in [1.54, 1.807) is 12.1 Å². The number of fused-ring (bicyclic) bond motifs is 1. The number of halogens is 1. The van der Waals surface area contributed by atoms with E-state index in [1.165, 1.54) is 0 Å². The van der Waals surface area contributed by atoms with Crippen LogP contribution in [0.5, 0.6) is 0 Å². The summed E-state index contributed by atoms with van der Waals surface area (Å²) in [7, 11) is 0. The number of benzene rings is 2. The molecule has 0 aliphatic carbocycles. The number of rotatable bonds is 1. The molecule has 2 aromatic carbocycles. The second-order valence-electron chi connectivity index (χ2n) is 4.77. The molecule has 0 fully saturated rings. The molecule has 3 rings (SSSR count). The molecule has 3 aromatic rings. The zero-order valence-corrected chi connectivity index (χ0v) is 12.0. The van der Waals surface area contributed by atoms with Gasteiger partial charge in [0, 0.05) is 5.02 Å². The lowest BCUT2D eigenvalue weighted by Gasteiger charge is -2.09. The molecular weight excluding hydrogens is 272 g/mol. The van der Waals surface area contributed by atoms with Gasteiger partial charge in [-0.3, -0.25) is 4.79 Å². The first kappa shape index (κ1) is 12.9. The summed E-state index contributed by atoms with van der Waals surface area (Å²) in [4.78, 5) is 12.8. The summed E-state index contributed by atoms with van der Waals surface area (Å²) < 4.78 is 5.81. The summed E-state index contributed by atoms with van der Waals surface area (Å²) in [5, 5.41) is 1.13. The molecule has 0 bridgehead atoms. The first-order valence-corrected chi connectivity index (χ1v) is 6.75. The first-order valence-electron chi connectivity index (χ1n) is 6.37. The van der Waals surface area contributed by atoms with Crippen LogP contribution in [0.3, 0.4) is 0 Å². The van der Waals surface area contributed by atoms with Gasteiger partial charge in [-0.2, -0.15) is 0 Å². The second-order valence-corrected chi connectivity index (χ2v) is 5.18. The molecule has 0 aliphatic heterocycles. The van der Waals surface area contributed by atoms with Gasteiger partial charge >= 0.3 is 0 Å². The Kier molecular flexibility index (Phi) is 3.11. The fourth-order valence-electron chi connectivity index (χ4n) is 2.47. The molecule has 0 unspecified atom stereocenters. The van der Waals surface area contributed by atoms with Crippen LogP contribution < -0.4 is 5.43 Å². The van der Waals surface area contributed by atoms with Crippen LogP contribution in [0.2, 0.25) is 5.02 Å². The fraction of sp³-hybridized carbons (Fsp3) is 0.118. The van der Waals surface area contributed by atoms with Crippen molar-refractivity contribution in [3.8, 4) is 11.1 Å². The molecular formula is C17H13ClO2. The molecule has 0 aliphatic rings. The Bertz CT molecular complexity index is 848. The van der Waals surface area contributed by atoms with Crippen molar-refractivity contribution in [2.75, 3.05) is 0 Å². The number of hydrogen-bond donors (Lipinski definition) is 0. The Morgan fingerprint density at radius 1 is 1.00 bits per heavy atom. The van der Waals surface area contributed by atoms with E-state index in [0.29, 0.717) is 27.3 Å². The van der Waals surface area contributed by atoms with Crippen molar-refractivity contribution in [3.05, 3.63) is 69.0 Å². The van der Waals surface area contributed by atoms with Crippen LogP contribution in [-0.2, 0) is 0 Å². The van der Waals surface area contributed by atoms with E-state index in [-0.39, 0.29) is 5.43 Å². The average molecular weight is 285 g/mol. The third kappa shape index (κ3) is 1.93. The van der Waals surface area contributed by atoms with Crippen LogP contribution in [0.15, 0.2) is 51.7 Å². The van der Waals surface area contributed by atoms with Crippen molar-refractivity contribution in [2.45, 2.75) is 13.8 Å². The van der Waals surface area contributed by atoms with Gasteiger partial charge in [0.25, 0.3) is 0 Å². The average Bonchev–Trinajstić information content (AvgIpc) is 2.44. The van der Waals surface area contributed by atoms with Crippen molar-refractivity contribution in [1.29, 1.82) is 0 Å². The third-order valence-electron chi connectivity index (χ3n) is 3.49. The van der Waals surface area contributed by atoms with E-state index in [0.717, 1.165) is 11.1 Å². The molecule has 0 N–H and O–H groups in total. The van der Waals surface area contributed by atoms with Crippen LogP contribution in [-0.4, -0.2) is 0 Å². The highest BCUT2D eigenvalue weighted by Gasteiger charge is 2.15. The molecule has 2 nitrogen and oxygen atoms in total. The highest BCUT2D eigenvalue weighted by Crippen LogP contribution is 2.28. The fourth-order valence-corrected chi connectivity index (χ4v) is 2.63. The van der Waals surface area contributed by atoms with E-state index in [1.807, 2.05) is 44.2 Å².